The lowest BCUT2D eigenvalue weighted by atomic mass is 9.99. The summed E-state index contributed by atoms with van der Waals surface area (Å²) in [5.41, 5.74) is 1.35. The largest absolute Gasteiger partial charge is 0.496 e. The molecule has 2 N–H and O–H groups in total. The van der Waals surface area contributed by atoms with Crippen molar-refractivity contribution in [1.29, 1.82) is 0 Å². The molecule has 1 aromatic carbocycles. The zero-order valence-electron chi connectivity index (χ0n) is 12.1. The number of nitrogens with one attached hydrogen (secondary N) is 1. The molecular weight excluding hydrogens is 258 g/mol. The van der Waals surface area contributed by atoms with Gasteiger partial charge in [-0.05, 0) is 32.0 Å². The molecule has 0 saturated carbocycles. The first-order valence-corrected chi connectivity index (χ1v) is 6.63. The van der Waals surface area contributed by atoms with Crippen molar-refractivity contribution in [2.45, 2.75) is 32.7 Å². The lowest BCUT2D eigenvalue weighted by molar-refractivity contribution is -0.137. The summed E-state index contributed by atoms with van der Waals surface area (Å²) in [6, 6.07) is 4.56. The number of Topliss-reactive ketones (excluding diaryl/α,β-unsaturated/α-hetero) is 1. The number of carbonyl (C=O) groups excluding carboxylic acids is 1. The van der Waals surface area contributed by atoms with E-state index in [0.29, 0.717) is 17.9 Å². The highest BCUT2D eigenvalue weighted by Crippen LogP contribution is 2.22. The van der Waals surface area contributed by atoms with E-state index >= 15 is 0 Å². The van der Waals surface area contributed by atoms with Gasteiger partial charge in [0, 0.05) is 0 Å². The highest BCUT2D eigenvalue weighted by molar-refractivity contribution is 6.04. The van der Waals surface area contributed by atoms with E-state index in [1.165, 1.54) is 7.11 Å². The third kappa shape index (κ3) is 4.35. The van der Waals surface area contributed by atoms with E-state index in [1.54, 1.807) is 12.1 Å². The fourth-order valence-electron chi connectivity index (χ4n) is 1.95. The molecule has 20 heavy (non-hydrogen) atoms. The molecule has 0 aliphatic carbocycles. The van der Waals surface area contributed by atoms with Crippen molar-refractivity contribution >= 4 is 11.8 Å². The summed E-state index contributed by atoms with van der Waals surface area (Å²) in [7, 11) is 1.49. The third-order valence-electron chi connectivity index (χ3n) is 2.96. The number of hydrogen-bond acceptors (Lipinski definition) is 4. The number of carboxylic acids is 1. The van der Waals surface area contributed by atoms with Crippen molar-refractivity contribution in [3.8, 4) is 5.75 Å². The number of carbonyl (C=O) groups is 2. The van der Waals surface area contributed by atoms with E-state index in [-0.39, 0.29) is 12.2 Å². The Labute approximate surface area is 118 Å². The second-order valence-electron chi connectivity index (χ2n) is 4.67. The molecule has 110 valence electrons. The monoisotopic (exact) mass is 279 g/mol. The normalized spacial score (nSPS) is 11.9. The summed E-state index contributed by atoms with van der Waals surface area (Å²) in [6.45, 7) is 4.43. The van der Waals surface area contributed by atoms with Crippen molar-refractivity contribution in [3.05, 3.63) is 29.3 Å². The zero-order valence-corrected chi connectivity index (χ0v) is 12.1. The van der Waals surface area contributed by atoms with Gasteiger partial charge >= 0.3 is 5.97 Å². The average Bonchev–Trinajstić information content (AvgIpc) is 2.42. The second-order valence-corrected chi connectivity index (χ2v) is 4.67. The van der Waals surface area contributed by atoms with Crippen LogP contribution in [0.1, 0.15) is 35.7 Å². The molecule has 5 nitrogen and oxygen atoms in total. The van der Waals surface area contributed by atoms with Gasteiger partial charge in [0.2, 0.25) is 0 Å². The molecule has 1 rings (SSSR count). The second kappa shape index (κ2) is 7.65. The first-order chi connectivity index (χ1) is 9.49. The molecule has 0 fully saturated rings. The molecule has 0 saturated heterocycles. The van der Waals surface area contributed by atoms with Crippen LogP contribution in [0.2, 0.25) is 0 Å². The topological polar surface area (TPSA) is 75.6 Å². The number of ketones is 1. The van der Waals surface area contributed by atoms with Gasteiger partial charge in [0.25, 0.3) is 0 Å². The van der Waals surface area contributed by atoms with E-state index in [1.807, 2.05) is 19.9 Å². The van der Waals surface area contributed by atoms with E-state index in [0.717, 1.165) is 12.0 Å². The predicted molar refractivity (Wildman–Crippen MR) is 76.4 cm³/mol. The van der Waals surface area contributed by atoms with Crippen LogP contribution >= 0.6 is 0 Å². The summed E-state index contributed by atoms with van der Waals surface area (Å²) in [5, 5.41) is 11.9. The fourth-order valence-corrected chi connectivity index (χ4v) is 1.95. The number of methoxy groups -OCH3 is 1. The van der Waals surface area contributed by atoms with Gasteiger partial charge in [0.05, 0.1) is 25.1 Å². The van der Waals surface area contributed by atoms with Crippen LogP contribution in [-0.2, 0) is 4.79 Å². The minimum absolute atomic E-state index is 0.240. The maximum atomic E-state index is 12.5. The summed E-state index contributed by atoms with van der Waals surface area (Å²) in [6.07, 6.45) is 0.588. The van der Waals surface area contributed by atoms with Gasteiger partial charge in [-0.15, -0.1) is 0 Å². The number of rotatable bonds is 8. The van der Waals surface area contributed by atoms with Crippen molar-refractivity contribution in [3.63, 3.8) is 0 Å². The molecule has 0 bridgehead atoms. The summed E-state index contributed by atoms with van der Waals surface area (Å²) >= 11 is 0. The van der Waals surface area contributed by atoms with Crippen molar-refractivity contribution in [2.75, 3.05) is 13.7 Å². The van der Waals surface area contributed by atoms with Crippen LogP contribution in [0.4, 0.5) is 0 Å². The first-order valence-electron chi connectivity index (χ1n) is 6.63. The number of benzene rings is 1. The maximum absolute atomic E-state index is 12.5. The van der Waals surface area contributed by atoms with Gasteiger partial charge in [-0.3, -0.25) is 9.59 Å². The number of ether oxygens (including phenoxy) is 1. The molecular formula is C15H21NO4. The van der Waals surface area contributed by atoms with Crippen LogP contribution in [0.25, 0.3) is 0 Å². The van der Waals surface area contributed by atoms with Crippen LogP contribution in [0.15, 0.2) is 18.2 Å². The van der Waals surface area contributed by atoms with Crippen LogP contribution in [0.3, 0.4) is 0 Å². The predicted octanol–water partition coefficient (Wildman–Crippen LogP) is 2.03. The highest BCUT2D eigenvalue weighted by atomic mass is 16.5. The quantitative estimate of drug-likeness (QED) is 0.712. The minimum atomic E-state index is -1.00. The zero-order chi connectivity index (χ0) is 15.1. The van der Waals surface area contributed by atoms with Gasteiger partial charge in [-0.25, -0.2) is 0 Å². The molecule has 1 aromatic rings. The third-order valence-corrected chi connectivity index (χ3v) is 2.96. The van der Waals surface area contributed by atoms with Crippen molar-refractivity contribution < 1.29 is 19.4 Å². The Bertz CT molecular complexity index is 485. The van der Waals surface area contributed by atoms with Crippen LogP contribution in [0, 0.1) is 6.92 Å². The minimum Gasteiger partial charge on any atom is -0.496 e. The molecule has 0 spiro atoms. The highest BCUT2D eigenvalue weighted by Gasteiger charge is 2.24. The Kier molecular flexibility index (Phi) is 6.18. The molecule has 0 aliphatic rings. The Morgan fingerprint density at radius 3 is 2.65 bits per heavy atom. The number of carboxylic acid groups (broad SMARTS) is 1. The molecule has 1 atom stereocenters. The van der Waals surface area contributed by atoms with E-state index < -0.39 is 12.0 Å². The van der Waals surface area contributed by atoms with Gasteiger partial charge in [0.1, 0.15) is 5.75 Å². The van der Waals surface area contributed by atoms with E-state index in [9.17, 15) is 9.59 Å². The Balaban J connectivity index is 3.03. The lowest BCUT2D eigenvalue weighted by Gasteiger charge is -2.17. The standard InChI is InChI=1S/C15H21NO4/c1-4-7-16-12(9-14(17)18)15(19)11-8-10(2)5-6-13(11)20-3/h5-6,8,12,16H,4,7,9H2,1-3H3,(H,17,18). The molecule has 0 aromatic heterocycles. The maximum Gasteiger partial charge on any atom is 0.305 e. The summed E-state index contributed by atoms with van der Waals surface area (Å²) in [5.74, 6) is -0.783. The van der Waals surface area contributed by atoms with E-state index in [4.69, 9.17) is 9.84 Å². The summed E-state index contributed by atoms with van der Waals surface area (Å²) < 4.78 is 5.19. The van der Waals surface area contributed by atoms with Crippen LogP contribution in [-0.4, -0.2) is 36.6 Å². The number of hydrogen-bond donors (Lipinski definition) is 2. The molecule has 1 unspecified atom stereocenters. The Morgan fingerprint density at radius 1 is 1.40 bits per heavy atom. The smallest absolute Gasteiger partial charge is 0.305 e. The van der Waals surface area contributed by atoms with Gasteiger partial charge < -0.3 is 15.2 Å². The molecule has 5 heteroatoms. The molecule has 0 heterocycles. The van der Waals surface area contributed by atoms with Gasteiger partial charge in [0.15, 0.2) is 5.78 Å². The molecule has 0 radical (unpaired) electrons. The Morgan fingerprint density at radius 2 is 2.10 bits per heavy atom. The SMILES string of the molecule is CCCNC(CC(=O)O)C(=O)c1cc(C)ccc1OC. The summed E-state index contributed by atoms with van der Waals surface area (Å²) in [4.78, 5) is 23.4. The fraction of sp³-hybridized carbons (Fsp3) is 0.467. The van der Waals surface area contributed by atoms with Crippen LogP contribution in [0.5, 0.6) is 5.75 Å². The number of aryl methyl sites for hydroxylation is 1. The van der Waals surface area contributed by atoms with Crippen molar-refractivity contribution in [2.24, 2.45) is 0 Å². The number of aliphatic carboxylic acids is 1. The first kappa shape index (κ1) is 16.2. The van der Waals surface area contributed by atoms with Gasteiger partial charge in [-0.1, -0.05) is 18.6 Å². The molecule has 0 amide bonds. The molecule has 0 aliphatic heterocycles. The lowest BCUT2D eigenvalue weighted by Crippen LogP contribution is -2.39. The van der Waals surface area contributed by atoms with E-state index in [2.05, 4.69) is 5.32 Å². The van der Waals surface area contributed by atoms with Crippen molar-refractivity contribution in [1.82, 2.24) is 5.32 Å². The van der Waals surface area contributed by atoms with Gasteiger partial charge in [-0.2, -0.15) is 0 Å². The Hall–Kier alpha value is -1.88. The average molecular weight is 279 g/mol. The van der Waals surface area contributed by atoms with Crippen LogP contribution < -0.4 is 10.1 Å².